The minimum atomic E-state index is -0.635. The molecule has 1 amide bonds. The Morgan fingerprint density at radius 3 is 2.83 bits per heavy atom. The van der Waals surface area contributed by atoms with Gasteiger partial charge < -0.3 is 19.7 Å². The average Bonchev–Trinajstić information content (AvgIpc) is 3.10. The van der Waals surface area contributed by atoms with Crippen molar-refractivity contribution in [3.05, 3.63) is 59.4 Å². The molecular formula is C19H24N2O3. The number of aliphatic hydroxyl groups is 1. The number of piperidine rings is 1. The Kier molecular flexibility index (Phi) is 5.02. The molecule has 1 aromatic carbocycles. The van der Waals surface area contributed by atoms with Gasteiger partial charge in [0.25, 0.3) is 5.91 Å². The molecule has 3 rings (SSSR count). The van der Waals surface area contributed by atoms with Crippen molar-refractivity contribution in [3.8, 4) is 0 Å². The van der Waals surface area contributed by atoms with E-state index < -0.39 is 5.60 Å². The normalized spacial score (nSPS) is 21.0. The van der Waals surface area contributed by atoms with Gasteiger partial charge in [-0.3, -0.25) is 4.79 Å². The molecule has 128 valence electrons. The van der Waals surface area contributed by atoms with Gasteiger partial charge in [-0.15, -0.1) is 0 Å². The van der Waals surface area contributed by atoms with Gasteiger partial charge in [-0.1, -0.05) is 30.3 Å². The maximum atomic E-state index is 13.0. The number of carbonyl (C=O) groups is 1. The van der Waals surface area contributed by atoms with Gasteiger partial charge in [0.15, 0.2) is 0 Å². The first-order valence-electron chi connectivity index (χ1n) is 8.32. The number of aliphatic hydroxyl groups excluding tert-OH is 1. The number of aromatic nitrogens is 1. The van der Waals surface area contributed by atoms with Crippen LogP contribution in [0.25, 0.3) is 0 Å². The lowest BCUT2D eigenvalue weighted by Crippen LogP contribution is -2.53. The molecule has 5 heteroatoms. The average molecular weight is 328 g/mol. The molecular weight excluding hydrogens is 304 g/mol. The monoisotopic (exact) mass is 328 g/mol. The second-order valence-electron chi connectivity index (χ2n) is 6.43. The summed E-state index contributed by atoms with van der Waals surface area (Å²) in [4.78, 5) is 17.8. The molecule has 1 fully saturated rings. The number of ether oxygens (including phenoxy) is 1. The number of amides is 1. The first-order chi connectivity index (χ1) is 11.7. The van der Waals surface area contributed by atoms with Gasteiger partial charge in [-0.05, 0) is 30.4 Å². The molecule has 1 atom stereocenters. The number of hydrogen-bond acceptors (Lipinski definition) is 3. The second kappa shape index (κ2) is 7.20. The zero-order valence-electron chi connectivity index (χ0n) is 14.0. The van der Waals surface area contributed by atoms with Crippen LogP contribution >= 0.6 is 0 Å². The van der Waals surface area contributed by atoms with E-state index in [9.17, 15) is 9.90 Å². The van der Waals surface area contributed by atoms with Crippen LogP contribution in [0.1, 0.15) is 34.3 Å². The van der Waals surface area contributed by atoms with E-state index in [1.165, 1.54) is 5.56 Å². The molecule has 1 unspecified atom stereocenters. The van der Waals surface area contributed by atoms with Crippen LogP contribution in [-0.4, -0.2) is 53.3 Å². The SMILES string of the molecule is COC1(CO)CCCN(C(=O)c2c[nH]cc2Cc2ccccc2)C1. The van der Waals surface area contributed by atoms with E-state index in [-0.39, 0.29) is 12.5 Å². The number of likely N-dealkylation sites (tertiary alicyclic amines) is 1. The number of benzene rings is 1. The summed E-state index contributed by atoms with van der Waals surface area (Å²) in [6, 6.07) is 10.1. The summed E-state index contributed by atoms with van der Waals surface area (Å²) in [7, 11) is 1.60. The molecule has 5 nitrogen and oxygen atoms in total. The quantitative estimate of drug-likeness (QED) is 0.884. The summed E-state index contributed by atoms with van der Waals surface area (Å²) in [6.07, 6.45) is 5.98. The highest BCUT2D eigenvalue weighted by Crippen LogP contribution is 2.26. The minimum Gasteiger partial charge on any atom is -0.393 e. The summed E-state index contributed by atoms with van der Waals surface area (Å²) < 4.78 is 5.50. The Labute approximate surface area is 142 Å². The van der Waals surface area contributed by atoms with Crippen LogP contribution in [-0.2, 0) is 11.2 Å². The van der Waals surface area contributed by atoms with Gasteiger partial charge in [-0.2, -0.15) is 0 Å². The zero-order chi connectivity index (χ0) is 17.0. The van der Waals surface area contributed by atoms with Crippen molar-refractivity contribution in [2.24, 2.45) is 0 Å². The van der Waals surface area contributed by atoms with Crippen LogP contribution in [0.15, 0.2) is 42.7 Å². The van der Waals surface area contributed by atoms with Crippen LogP contribution in [0.4, 0.5) is 0 Å². The fourth-order valence-corrected chi connectivity index (χ4v) is 3.36. The third-order valence-corrected chi connectivity index (χ3v) is 4.85. The number of hydrogen-bond donors (Lipinski definition) is 2. The molecule has 1 aliphatic heterocycles. The van der Waals surface area contributed by atoms with Crippen molar-refractivity contribution in [3.63, 3.8) is 0 Å². The summed E-state index contributed by atoms with van der Waals surface area (Å²) in [5.74, 6) is -0.00300. The molecule has 24 heavy (non-hydrogen) atoms. The predicted molar refractivity (Wildman–Crippen MR) is 92.0 cm³/mol. The van der Waals surface area contributed by atoms with E-state index in [4.69, 9.17) is 4.74 Å². The molecule has 1 aliphatic rings. The third-order valence-electron chi connectivity index (χ3n) is 4.85. The van der Waals surface area contributed by atoms with Crippen molar-refractivity contribution < 1.29 is 14.6 Å². The molecule has 0 saturated carbocycles. The van der Waals surface area contributed by atoms with Crippen molar-refractivity contribution >= 4 is 5.91 Å². The van der Waals surface area contributed by atoms with Crippen LogP contribution in [0, 0.1) is 0 Å². The predicted octanol–water partition coefficient (Wildman–Crippen LogP) is 2.22. The Morgan fingerprint density at radius 2 is 2.12 bits per heavy atom. The first kappa shape index (κ1) is 16.7. The number of nitrogens with one attached hydrogen (secondary N) is 1. The molecule has 0 spiro atoms. The number of rotatable bonds is 5. The summed E-state index contributed by atoms with van der Waals surface area (Å²) in [6.45, 7) is 1.05. The minimum absolute atomic E-state index is 0.00300. The Balaban J connectivity index is 1.77. The molecule has 2 heterocycles. The van der Waals surface area contributed by atoms with Gasteiger partial charge >= 0.3 is 0 Å². The first-order valence-corrected chi connectivity index (χ1v) is 8.32. The van der Waals surface area contributed by atoms with Crippen LogP contribution < -0.4 is 0 Å². The van der Waals surface area contributed by atoms with Crippen LogP contribution in [0.5, 0.6) is 0 Å². The van der Waals surface area contributed by atoms with E-state index in [2.05, 4.69) is 17.1 Å². The van der Waals surface area contributed by atoms with Crippen molar-refractivity contribution in [1.29, 1.82) is 0 Å². The fraction of sp³-hybridized carbons (Fsp3) is 0.421. The standard InChI is InChI=1S/C19H24N2O3/c1-24-19(14-22)8-5-9-21(13-19)18(23)17-12-20-11-16(17)10-15-6-3-2-4-7-15/h2-4,6-7,11-12,20,22H,5,8-10,13-14H2,1H3. The molecule has 2 aromatic rings. The summed E-state index contributed by atoms with van der Waals surface area (Å²) in [5, 5.41) is 9.65. The summed E-state index contributed by atoms with van der Waals surface area (Å²) in [5.41, 5.74) is 2.22. The lowest BCUT2D eigenvalue weighted by atomic mass is 9.92. The van der Waals surface area contributed by atoms with E-state index in [1.807, 2.05) is 24.4 Å². The molecule has 0 bridgehead atoms. The highest BCUT2D eigenvalue weighted by atomic mass is 16.5. The topological polar surface area (TPSA) is 65.6 Å². The molecule has 2 N–H and O–H groups in total. The van der Waals surface area contributed by atoms with Crippen LogP contribution in [0.3, 0.4) is 0 Å². The number of carbonyl (C=O) groups excluding carboxylic acids is 1. The van der Waals surface area contributed by atoms with Crippen molar-refractivity contribution in [2.75, 3.05) is 26.8 Å². The maximum Gasteiger partial charge on any atom is 0.255 e. The van der Waals surface area contributed by atoms with Gasteiger partial charge in [0.1, 0.15) is 5.60 Å². The van der Waals surface area contributed by atoms with E-state index in [0.717, 1.165) is 18.4 Å². The summed E-state index contributed by atoms with van der Waals surface area (Å²) >= 11 is 0. The highest BCUT2D eigenvalue weighted by Gasteiger charge is 2.37. The number of aromatic amines is 1. The third kappa shape index (κ3) is 3.37. The fourth-order valence-electron chi connectivity index (χ4n) is 3.36. The van der Waals surface area contributed by atoms with Crippen molar-refractivity contribution in [2.45, 2.75) is 24.9 Å². The Morgan fingerprint density at radius 1 is 1.33 bits per heavy atom. The largest absolute Gasteiger partial charge is 0.393 e. The number of H-pyrrole nitrogens is 1. The van der Waals surface area contributed by atoms with E-state index in [1.54, 1.807) is 18.2 Å². The van der Waals surface area contributed by atoms with E-state index in [0.29, 0.717) is 25.1 Å². The van der Waals surface area contributed by atoms with Crippen LogP contribution in [0.2, 0.25) is 0 Å². The lowest BCUT2D eigenvalue weighted by Gasteiger charge is -2.40. The second-order valence-corrected chi connectivity index (χ2v) is 6.43. The zero-order valence-corrected chi connectivity index (χ0v) is 14.0. The van der Waals surface area contributed by atoms with Gasteiger partial charge in [-0.25, -0.2) is 0 Å². The molecule has 1 aromatic heterocycles. The van der Waals surface area contributed by atoms with Gasteiger partial charge in [0.2, 0.25) is 0 Å². The highest BCUT2D eigenvalue weighted by molar-refractivity contribution is 5.95. The van der Waals surface area contributed by atoms with Crippen molar-refractivity contribution in [1.82, 2.24) is 9.88 Å². The number of nitrogens with zero attached hydrogens (tertiary/aromatic N) is 1. The lowest BCUT2D eigenvalue weighted by molar-refractivity contribution is -0.0883. The van der Waals surface area contributed by atoms with Gasteiger partial charge in [0.05, 0.1) is 18.7 Å². The van der Waals surface area contributed by atoms with Gasteiger partial charge in [0, 0.05) is 26.0 Å². The molecule has 0 aliphatic carbocycles. The molecule has 0 radical (unpaired) electrons. The Bertz CT molecular complexity index is 677. The number of methoxy groups -OCH3 is 1. The molecule has 1 saturated heterocycles. The smallest absolute Gasteiger partial charge is 0.255 e. The van der Waals surface area contributed by atoms with E-state index >= 15 is 0 Å². The maximum absolute atomic E-state index is 13.0. The Hall–Kier alpha value is -2.11.